The molecule has 1 aromatic carbocycles. The van der Waals surface area contributed by atoms with Crippen molar-refractivity contribution in [3.63, 3.8) is 0 Å². The van der Waals surface area contributed by atoms with Crippen LogP contribution in [0.4, 0.5) is 0 Å². The average molecular weight is 330 g/mol. The van der Waals surface area contributed by atoms with Gasteiger partial charge < -0.3 is 4.42 Å². The number of aryl methyl sites for hydroxylation is 1. The van der Waals surface area contributed by atoms with Crippen LogP contribution < -0.4 is 9.86 Å². The maximum atomic E-state index is 12.2. The molecular weight excluding hydrogens is 316 g/mol. The molecule has 0 aliphatic rings. The van der Waals surface area contributed by atoms with E-state index >= 15 is 0 Å². The normalized spacial score (nSPS) is 12.5. The van der Waals surface area contributed by atoms with Crippen LogP contribution in [0.15, 0.2) is 50.6 Å². The number of rotatable bonds is 5. The lowest BCUT2D eigenvalue weighted by Gasteiger charge is -2.09. The van der Waals surface area contributed by atoms with Crippen molar-refractivity contribution in [3.05, 3.63) is 47.9 Å². The highest BCUT2D eigenvalue weighted by molar-refractivity contribution is 7.92. The summed E-state index contributed by atoms with van der Waals surface area (Å²) < 4.78 is 54.8. The van der Waals surface area contributed by atoms with Gasteiger partial charge in [0.15, 0.2) is 0 Å². The van der Waals surface area contributed by atoms with Gasteiger partial charge in [-0.05, 0) is 31.2 Å². The Hall–Kier alpha value is -1.68. The smallest absolute Gasteiger partial charge is 0.242 e. The summed E-state index contributed by atoms with van der Waals surface area (Å²) in [6.07, 6.45) is 0. The number of hydrogen-bond acceptors (Lipinski definition) is 5. The minimum atomic E-state index is -4.14. The molecule has 2 aromatic rings. The fourth-order valence-electron chi connectivity index (χ4n) is 1.73. The van der Waals surface area contributed by atoms with E-state index in [2.05, 4.69) is 4.72 Å². The van der Waals surface area contributed by atoms with E-state index in [1.54, 1.807) is 19.1 Å². The zero-order valence-corrected chi connectivity index (χ0v) is 12.7. The Morgan fingerprint density at radius 1 is 1.05 bits per heavy atom. The van der Waals surface area contributed by atoms with Gasteiger partial charge in [-0.1, -0.05) is 12.1 Å². The topological polar surface area (TPSA) is 119 Å². The first-order chi connectivity index (χ1) is 9.70. The van der Waals surface area contributed by atoms with Crippen molar-refractivity contribution in [1.29, 1.82) is 0 Å². The van der Waals surface area contributed by atoms with Crippen molar-refractivity contribution in [2.75, 3.05) is 0 Å². The Balaban J connectivity index is 2.32. The van der Waals surface area contributed by atoms with Gasteiger partial charge in [-0.15, -0.1) is 0 Å². The van der Waals surface area contributed by atoms with Crippen LogP contribution in [0.25, 0.3) is 0 Å². The molecule has 21 heavy (non-hydrogen) atoms. The van der Waals surface area contributed by atoms with E-state index in [0.717, 1.165) is 6.07 Å². The Bertz CT molecular complexity index is 853. The lowest BCUT2D eigenvalue weighted by Crippen LogP contribution is -2.26. The van der Waals surface area contributed by atoms with Gasteiger partial charge in [0.1, 0.15) is 21.3 Å². The van der Waals surface area contributed by atoms with Gasteiger partial charge in [0.2, 0.25) is 20.0 Å². The molecule has 2 rings (SSSR count). The molecule has 0 atom stereocenters. The molecule has 0 saturated carbocycles. The quantitative estimate of drug-likeness (QED) is 0.837. The molecule has 0 fully saturated rings. The summed E-state index contributed by atoms with van der Waals surface area (Å²) in [5.41, 5.74) is 0. The third kappa shape index (κ3) is 3.70. The molecule has 1 heterocycles. The number of nitrogens with two attached hydrogens (primary N) is 1. The summed E-state index contributed by atoms with van der Waals surface area (Å²) >= 11 is 0. The van der Waals surface area contributed by atoms with Gasteiger partial charge in [-0.25, -0.2) is 26.7 Å². The van der Waals surface area contributed by atoms with Crippen molar-refractivity contribution < 1.29 is 21.3 Å². The van der Waals surface area contributed by atoms with E-state index in [1.165, 1.54) is 18.2 Å². The van der Waals surface area contributed by atoms with Crippen molar-refractivity contribution >= 4 is 20.0 Å². The minimum absolute atomic E-state index is 0.0882. The molecule has 114 valence electrons. The molecule has 0 aliphatic carbocycles. The van der Waals surface area contributed by atoms with E-state index in [1.807, 2.05) is 0 Å². The Morgan fingerprint density at radius 2 is 1.67 bits per heavy atom. The van der Waals surface area contributed by atoms with Gasteiger partial charge in [0.05, 0.1) is 6.54 Å². The van der Waals surface area contributed by atoms with Crippen molar-refractivity contribution in [2.45, 2.75) is 23.3 Å². The highest BCUT2D eigenvalue weighted by Crippen LogP contribution is 2.19. The molecule has 0 bridgehead atoms. The van der Waals surface area contributed by atoms with Crippen LogP contribution in [0.2, 0.25) is 0 Å². The maximum Gasteiger partial charge on any atom is 0.242 e. The summed E-state index contributed by atoms with van der Waals surface area (Å²) in [4.78, 5) is -0.844. The Labute approximate surface area is 122 Å². The molecule has 0 aliphatic heterocycles. The molecule has 0 saturated heterocycles. The fraction of sp³-hybridized carbons (Fsp3) is 0.167. The number of benzene rings is 1. The van der Waals surface area contributed by atoms with Crippen LogP contribution in [0.1, 0.15) is 11.5 Å². The monoisotopic (exact) mass is 330 g/mol. The minimum Gasteiger partial charge on any atom is -0.465 e. The van der Waals surface area contributed by atoms with Gasteiger partial charge in [0.25, 0.3) is 0 Å². The zero-order valence-electron chi connectivity index (χ0n) is 11.1. The van der Waals surface area contributed by atoms with Crippen LogP contribution in [0, 0.1) is 6.92 Å². The van der Waals surface area contributed by atoms with Crippen molar-refractivity contribution in [2.24, 2.45) is 5.14 Å². The summed E-state index contributed by atoms with van der Waals surface area (Å²) in [6, 6.07) is 8.46. The number of primary sulfonamides is 1. The van der Waals surface area contributed by atoms with Crippen molar-refractivity contribution in [3.8, 4) is 0 Å². The first kappa shape index (κ1) is 15.7. The second-order valence-electron chi connectivity index (χ2n) is 4.33. The summed E-state index contributed by atoms with van der Waals surface area (Å²) in [6.45, 7) is 1.64. The van der Waals surface area contributed by atoms with Gasteiger partial charge >= 0.3 is 0 Å². The first-order valence-electron chi connectivity index (χ1n) is 5.87. The van der Waals surface area contributed by atoms with Crippen LogP contribution in [-0.2, 0) is 26.6 Å². The molecule has 9 heteroatoms. The lowest BCUT2D eigenvalue weighted by molar-refractivity contribution is 0.475. The first-order valence-corrected chi connectivity index (χ1v) is 8.90. The summed E-state index contributed by atoms with van der Waals surface area (Å²) in [5.74, 6) is 1.07. The van der Waals surface area contributed by atoms with Crippen molar-refractivity contribution in [1.82, 2.24) is 4.72 Å². The maximum absolute atomic E-state index is 12.2. The average Bonchev–Trinajstić information content (AvgIpc) is 2.82. The number of nitrogens with one attached hydrogen (secondary N) is 1. The third-order valence-electron chi connectivity index (χ3n) is 2.68. The fourth-order valence-corrected chi connectivity index (χ4v) is 4.10. The van der Waals surface area contributed by atoms with E-state index in [-0.39, 0.29) is 6.54 Å². The molecule has 0 unspecified atom stereocenters. The number of hydrogen-bond donors (Lipinski definition) is 2. The predicted molar refractivity (Wildman–Crippen MR) is 75.3 cm³/mol. The van der Waals surface area contributed by atoms with Crippen LogP contribution >= 0.6 is 0 Å². The van der Waals surface area contributed by atoms with Crippen LogP contribution in [0.5, 0.6) is 0 Å². The molecular formula is C12H14N2O5S2. The molecule has 0 radical (unpaired) electrons. The number of furan rings is 1. The Kier molecular flexibility index (Phi) is 4.19. The van der Waals surface area contributed by atoms with E-state index in [9.17, 15) is 16.8 Å². The molecule has 0 spiro atoms. The largest absolute Gasteiger partial charge is 0.465 e. The second kappa shape index (κ2) is 5.60. The molecule has 0 amide bonds. The molecule has 7 nitrogen and oxygen atoms in total. The SMILES string of the molecule is Cc1ccc(CNS(=O)(=O)c2ccccc2S(N)(=O)=O)o1. The summed E-state index contributed by atoms with van der Waals surface area (Å²) in [5, 5.41) is 5.03. The highest BCUT2D eigenvalue weighted by atomic mass is 32.2. The van der Waals surface area contributed by atoms with E-state index < -0.39 is 29.8 Å². The van der Waals surface area contributed by atoms with Gasteiger partial charge in [0, 0.05) is 0 Å². The second-order valence-corrected chi connectivity index (χ2v) is 7.59. The number of sulfonamides is 2. The molecule has 1 aromatic heterocycles. The molecule has 3 N–H and O–H groups in total. The van der Waals surface area contributed by atoms with Crippen LogP contribution in [-0.4, -0.2) is 16.8 Å². The van der Waals surface area contributed by atoms with Crippen LogP contribution in [0.3, 0.4) is 0 Å². The Morgan fingerprint density at radius 3 is 2.19 bits per heavy atom. The van der Waals surface area contributed by atoms with E-state index in [0.29, 0.717) is 11.5 Å². The standard InChI is InChI=1S/C12H14N2O5S2/c1-9-6-7-10(19-9)8-14-21(17,18)12-5-3-2-4-11(12)20(13,15)16/h2-7,14H,8H2,1H3,(H2,13,15,16). The summed E-state index contributed by atoms with van der Waals surface area (Å²) in [7, 11) is -8.17. The van der Waals surface area contributed by atoms with Gasteiger partial charge in [-0.3, -0.25) is 0 Å². The lowest BCUT2D eigenvalue weighted by atomic mass is 10.4. The van der Waals surface area contributed by atoms with Gasteiger partial charge in [-0.2, -0.15) is 0 Å². The highest BCUT2D eigenvalue weighted by Gasteiger charge is 2.23. The van der Waals surface area contributed by atoms with E-state index in [4.69, 9.17) is 9.56 Å². The zero-order chi connectivity index (χ0) is 15.7. The predicted octanol–water partition coefficient (Wildman–Crippen LogP) is 0.714. The third-order valence-corrected chi connectivity index (χ3v) is 5.24.